The van der Waals surface area contributed by atoms with Crippen molar-refractivity contribution < 1.29 is 14.3 Å². The van der Waals surface area contributed by atoms with E-state index in [1.54, 1.807) is 0 Å². The zero-order chi connectivity index (χ0) is 15.2. The van der Waals surface area contributed by atoms with Crippen LogP contribution in [-0.2, 0) is 22.6 Å². The summed E-state index contributed by atoms with van der Waals surface area (Å²) in [6.45, 7) is 0.469. The van der Waals surface area contributed by atoms with Gasteiger partial charge in [-0.15, -0.1) is 0 Å². The third-order valence-corrected chi connectivity index (χ3v) is 4.31. The highest BCUT2D eigenvalue weighted by molar-refractivity contribution is 9.10. The Kier molecular flexibility index (Phi) is 5.82. The van der Waals surface area contributed by atoms with Gasteiger partial charge in [0.25, 0.3) is 0 Å². The molecule has 110 valence electrons. The zero-order valence-corrected chi connectivity index (χ0v) is 14.6. The van der Waals surface area contributed by atoms with Crippen LogP contribution in [0.5, 0.6) is 5.75 Å². The standard InChI is InChI=1S/C16H14Br2O3/c1-20-16(19)9-11-6-7-15(14(18)8-11)21-10-12-4-2-3-5-13(12)17/h2-8H,9-10H2,1H3. The van der Waals surface area contributed by atoms with Crippen LogP contribution in [0.25, 0.3) is 0 Å². The van der Waals surface area contributed by atoms with Crippen LogP contribution < -0.4 is 4.74 Å². The van der Waals surface area contributed by atoms with E-state index in [2.05, 4.69) is 36.6 Å². The van der Waals surface area contributed by atoms with Crippen molar-refractivity contribution >= 4 is 37.8 Å². The number of halogens is 2. The van der Waals surface area contributed by atoms with Gasteiger partial charge in [-0.05, 0) is 39.7 Å². The van der Waals surface area contributed by atoms with Gasteiger partial charge in [0.05, 0.1) is 18.0 Å². The first kappa shape index (κ1) is 16.0. The Morgan fingerprint density at radius 1 is 1.10 bits per heavy atom. The van der Waals surface area contributed by atoms with Gasteiger partial charge in [0, 0.05) is 10.0 Å². The van der Waals surface area contributed by atoms with Gasteiger partial charge < -0.3 is 9.47 Å². The lowest BCUT2D eigenvalue weighted by molar-refractivity contribution is -0.139. The van der Waals surface area contributed by atoms with Crippen LogP contribution in [0.15, 0.2) is 51.4 Å². The molecule has 3 nitrogen and oxygen atoms in total. The van der Waals surface area contributed by atoms with Crippen LogP contribution in [0.1, 0.15) is 11.1 Å². The normalized spacial score (nSPS) is 10.2. The van der Waals surface area contributed by atoms with E-state index in [0.29, 0.717) is 6.61 Å². The Labute approximate surface area is 140 Å². The molecule has 0 heterocycles. The molecule has 0 bridgehead atoms. The molecule has 0 saturated heterocycles. The Morgan fingerprint density at radius 2 is 1.86 bits per heavy atom. The number of esters is 1. The van der Waals surface area contributed by atoms with E-state index in [9.17, 15) is 4.79 Å². The minimum Gasteiger partial charge on any atom is -0.488 e. The molecule has 0 unspecified atom stereocenters. The second-order valence-electron chi connectivity index (χ2n) is 4.40. The number of hydrogen-bond acceptors (Lipinski definition) is 3. The van der Waals surface area contributed by atoms with Crippen LogP contribution in [0.4, 0.5) is 0 Å². The summed E-state index contributed by atoms with van der Waals surface area (Å²) >= 11 is 6.95. The zero-order valence-electron chi connectivity index (χ0n) is 11.4. The van der Waals surface area contributed by atoms with Gasteiger partial charge in [0.1, 0.15) is 12.4 Å². The molecule has 0 amide bonds. The van der Waals surface area contributed by atoms with Crippen LogP contribution in [-0.4, -0.2) is 13.1 Å². The lowest BCUT2D eigenvalue weighted by Crippen LogP contribution is -2.04. The van der Waals surface area contributed by atoms with E-state index in [1.807, 2.05) is 42.5 Å². The van der Waals surface area contributed by atoms with Crippen LogP contribution in [0, 0.1) is 0 Å². The summed E-state index contributed by atoms with van der Waals surface area (Å²) in [6.07, 6.45) is 0.250. The molecule has 0 radical (unpaired) electrons. The molecule has 0 aliphatic heterocycles. The lowest BCUT2D eigenvalue weighted by atomic mass is 10.1. The molecule has 0 aromatic heterocycles. The SMILES string of the molecule is COC(=O)Cc1ccc(OCc2ccccc2Br)c(Br)c1. The highest BCUT2D eigenvalue weighted by Crippen LogP contribution is 2.28. The minimum absolute atomic E-state index is 0.250. The Hall–Kier alpha value is -1.33. The maximum atomic E-state index is 11.3. The molecule has 0 spiro atoms. The average molecular weight is 414 g/mol. The third kappa shape index (κ3) is 4.58. The maximum Gasteiger partial charge on any atom is 0.309 e. The number of benzene rings is 2. The molecule has 2 aromatic rings. The molecule has 2 aromatic carbocycles. The fourth-order valence-corrected chi connectivity index (χ4v) is 2.72. The molecule has 0 N–H and O–H groups in total. The van der Waals surface area contributed by atoms with E-state index >= 15 is 0 Å². The average Bonchev–Trinajstić information content (AvgIpc) is 2.48. The predicted molar refractivity (Wildman–Crippen MR) is 88.3 cm³/mol. The van der Waals surface area contributed by atoms with E-state index in [4.69, 9.17) is 4.74 Å². The molecule has 5 heteroatoms. The largest absolute Gasteiger partial charge is 0.488 e. The number of methoxy groups -OCH3 is 1. The molecule has 2 rings (SSSR count). The molecule has 21 heavy (non-hydrogen) atoms. The van der Waals surface area contributed by atoms with Crippen LogP contribution in [0.2, 0.25) is 0 Å². The van der Waals surface area contributed by atoms with Gasteiger partial charge >= 0.3 is 5.97 Å². The van der Waals surface area contributed by atoms with E-state index in [0.717, 1.165) is 25.8 Å². The number of carbonyl (C=O) groups excluding carboxylic acids is 1. The number of carbonyl (C=O) groups is 1. The smallest absolute Gasteiger partial charge is 0.309 e. The number of rotatable bonds is 5. The summed E-state index contributed by atoms with van der Waals surface area (Å²) in [5.74, 6) is 0.475. The highest BCUT2D eigenvalue weighted by Gasteiger charge is 2.08. The maximum absolute atomic E-state index is 11.3. The summed E-state index contributed by atoms with van der Waals surface area (Å²) in [5, 5.41) is 0. The first-order chi connectivity index (χ1) is 10.1. The van der Waals surface area contributed by atoms with Gasteiger partial charge in [0.2, 0.25) is 0 Å². The molecule has 0 saturated carbocycles. The summed E-state index contributed by atoms with van der Waals surface area (Å²) in [6, 6.07) is 13.5. The van der Waals surface area contributed by atoms with Crippen LogP contribution in [0.3, 0.4) is 0 Å². The fourth-order valence-electron chi connectivity index (χ4n) is 1.78. The monoisotopic (exact) mass is 412 g/mol. The van der Waals surface area contributed by atoms with Crippen molar-refractivity contribution in [1.29, 1.82) is 0 Å². The predicted octanol–water partition coefficient (Wildman–Crippen LogP) is 4.51. The Balaban J connectivity index is 2.04. The topological polar surface area (TPSA) is 35.5 Å². The Bertz CT molecular complexity index is 641. The van der Waals surface area contributed by atoms with Gasteiger partial charge in [0.15, 0.2) is 0 Å². The highest BCUT2D eigenvalue weighted by atomic mass is 79.9. The molecule has 0 fully saturated rings. The summed E-state index contributed by atoms with van der Waals surface area (Å²) in [4.78, 5) is 11.3. The number of hydrogen-bond donors (Lipinski definition) is 0. The summed E-state index contributed by atoms with van der Waals surface area (Å²) < 4.78 is 12.3. The molecule has 0 aliphatic rings. The van der Waals surface area contributed by atoms with Crippen molar-refractivity contribution in [2.45, 2.75) is 13.0 Å². The van der Waals surface area contributed by atoms with Crippen molar-refractivity contribution in [3.8, 4) is 5.75 Å². The first-order valence-corrected chi connectivity index (χ1v) is 7.90. The second kappa shape index (κ2) is 7.61. The summed E-state index contributed by atoms with van der Waals surface area (Å²) in [7, 11) is 1.38. The number of ether oxygens (including phenoxy) is 2. The molecule has 0 atom stereocenters. The van der Waals surface area contributed by atoms with Gasteiger partial charge in [-0.1, -0.05) is 40.2 Å². The quantitative estimate of drug-likeness (QED) is 0.676. The fraction of sp³-hybridized carbons (Fsp3) is 0.188. The van der Waals surface area contributed by atoms with Crippen molar-refractivity contribution in [1.82, 2.24) is 0 Å². The van der Waals surface area contributed by atoms with Gasteiger partial charge in [-0.25, -0.2) is 0 Å². The second-order valence-corrected chi connectivity index (χ2v) is 6.11. The van der Waals surface area contributed by atoms with Crippen molar-refractivity contribution in [3.63, 3.8) is 0 Å². The Morgan fingerprint density at radius 3 is 2.52 bits per heavy atom. The van der Waals surface area contributed by atoms with E-state index in [-0.39, 0.29) is 12.4 Å². The van der Waals surface area contributed by atoms with Gasteiger partial charge in [-0.3, -0.25) is 4.79 Å². The minimum atomic E-state index is -0.260. The molecular formula is C16H14Br2O3. The molecular weight excluding hydrogens is 400 g/mol. The van der Waals surface area contributed by atoms with E-state index in [1.165, 1.54) is 7.11 Å². The van der Waals surface area contributed by atoms with E-state index < -0.39 is 0 Å². The van der Waals surface area contributed by atoms with Crippen molar-refractivity contribution in [2.24, 2.45) is 0 Å². The van der Waals surface area contributed by atoms with Crippen LogP contribution >= 0.6 is 31.9 Å². The summed E-state index contributed by atoms with van der Waals surface area (Å²) in [5.41, 5.74) is 1.95. The molecule has 0 aliphatic carbocycles. The van der Waals surface area contributed by atoms with Crippen molar-refractivity contribution in [2.75, 3.05) is 7.11 Å². The third-order valence-electron chi connectivity index (χ3n) is 2.91. The lowest BCUT2D eigenvalue weighted by Gasteiger charge is -2.10. The van der Waals surface area contributed by atoms with Gasteiger partial charge in [-0.2, -0.15) is 0 Å². The first-order valence-electron chi connectivity index (χ1n) is 6.31. The van der Waals surface area contributed by atoms with Crippen molar-refractivity contribution in [3.05, 3.63) is 62.5 Å².